The van der Waals surface area contributed by atoms with Crippen LogP contribution >= 0.6 is 0 Å². The number of benzene rings is 2. The van der Waals surface area contributed by atoms with Crippen molar-refractivity contribution < 1.29 is 8.98 Å². The summed E-state index contributed by atoms with van der Waals surface area (Å²) in [5, 5.41) is 0. The summed E-state index contributed by atoms with van der Waals surface area (Å²) < 4.78 is 8.44. The molecule has 4 nitrogen and oxygen atoms in total. The number of anilines is 1. The minimum atomic E-state index is -0.00874. The second-order valence-electron chi connectivity index (χ2n) is 9.36. The van der Waals surface area contributed by atoms with Crippen LogP contribution in [0.2, 0.25) is 0 Å². The Labute approximate surface area is 191 Å². The van der Waals surface area contributed by atoms with Gasteiger partial charge in [-0.3, -0.25) is 0 Å². The number of hydrogen-bond acceptors (Lipinski definition) is 3. The van der Waals surface area contributed by atoms with Crippen molar-refractivity contribution in [2.75, 3.05) is 32.6 Å². The molecule has 2 heterocycles. The molecular formula is C28H34N3O+. The van der Waals surface area contributed by atoms with Gasteiger partial charge in [0.25, 0.3) is 5.52 Å². The third-order valence-corrected chi connectivity index (χ3v) is 6.31. The SMILES string of the molecule is Cc1ccc2c(c1)oc(/C=C/C=C/C=C1/N(C)c3ccccc3C1(C)C)[n+]2CCN(C)C. The zero-order chi connectivity index (χ0) is 22.9. The van der Waals surface area contributed by atoms with Crippen LogP contribution in [0, 0.1) is 6.92 Å². The highest BCUT2D eigenvalue weighted by Crippen LogP contribution is 2.46. The van der Waals surface area contributed by atoms with Gasteiger partial charge in [0.2, 0.25) is 5.58 Å². The van der Waals surface area contributed by atoms with Gasteiger partial charge in [0, 0.05) is 29.9 Å². The maximum absolute atomic E-state index is 6.18. The Morgan fingerprint density at radius 2 is 1.84 bits per heavy atom. The predicted molar refractivity (Wildman–Crippen MR) is 134 cm³/mol. The quantitative estimate of drug-likeness (QED) is 0.384. The van der Waals surface area contributed by atoms with Crippen LogP contribution in [0.1, 0.15) is 30.9 Å². The number of allylic oxidation sites excluding steroid dienone is 5. The molecule has 4 heteroatoms. The van der Waals surface area contributed by atoms with E-state index in [1.807, 2.05) is 0 Å². The molecule has 1 aromatic heterocycles. The first-order valence-electron chi connectivity index (χ1n) is 11.3. The summed E-state index contributed by atoms with van der Waals surface area (Å²) in [6, 6.07) is 15.0. The minimum Gasteiger partial charge on any atom is -0.398 e. The first kappa shape index (κ1) is 22.1. The molecule has 0 saturated carbocycles. The van der Waals surface area contributed by atoms with Crippen LogP contribution < -0.4 is 9.47 Å². The van der Waals surface area contributed by atoms with Gasteiger partial charge in [-0.15, -0.1) is 0 Å². The van der Waals surface area contributed by atoms with Crippen LogP contribution in [0.25, 0.3) is 17.2 Å². The Morgan fingerprint density at radius 3 is 2.59 bits per heavy atom. The van der Waals surface area contributed by atoms with Crippen molar-refractivity contribution in [3.05, 3.63) is 89.5 Å². The Balaban J connectivity index is 1.57. The van der Waals surface area contributed by atoms with E-state index in [0.717, 1.165) is 30.1 Å². The van der Waals surface area contributed by atoms with Crippen LogP contribution in [-0.4, -0.2) is 32.6 Å². The second-order valence-corrected chi connectivity index (χ2v) is 9.36. The fraction of sp³-hybridized carbons (Fsp3) is 0.321. The number of oxazole rings is 1. The van der Waals surface area contributed by atoms with E-state index in [0.29, 0.717) is 0 Å². The van der Waals surface area contributed by atoms with E-state index in [9.17, 15) is 0 Å². The van der Waals surface area contributed by atoms with Crippen molar-refractivity contribution in [1.29, 1.82) is 0 Å². The number of aryl methyl sites for hydroxylation is 1. The van der Waals surface area contributed by atoms with E-state index in [2.05, 4.69) is 129 Å². The third kappa shape index (κ3) is 4.15. The number of nitrogens with zero attached hydrogens (tertiary/aromatic N) is 3. The van der Waals surface area contributed by atoms with E-state index in [4.69, 9.17) is 4.42 Å². The minimum absolute atomic E-state index is 0.00874. The molecule has 0 saturated heterocycles. The van der Waals surface area contributed by atoms with Crippen molar-refractivity contribution in [2.24, 2.45) is 0 Å². The molecule has 4 rings (SSSR count). The van der Waals surface area contributed by atoms with Crippen LogP contribution in [-0.2, 0) is 12.0 Å². The smallest absolute Gasteiger partial charge is 0.374 e. The predicted octanol–water partition coefficient (Wildman–Crippen LogP) is 5.47. The largest absolute Gasteiger partial charge is 0.398 e. The molecule has 0 aliphatic carbocycles. The highest BCUT2D eigenvalue weighted by atomic mass is 16.3. The van der Waals surface area contributed by atoms with Gasteiger partial charge in [-0.1, -0.05) is 56.3 Å². The zero-order valence-electron chi connectivity index (χ0n) is 20.1. The Bertz CT molecular complexity index is 1210. The molecule has 0 fully saturated rings. The molecule has 0 bridgehead atoms. The molecule has 0 amide bonds. The van der Waals surface area contributed by atoms with Crippen molar-refractivity contribution in [1.82, 2.24) is 4.90 Å². The van der Waals surface area contributed by atoms with E-state index >= 15 is 0 Å². The lowest BCUT2D eigenvalue weighted by molar-refractivity contribution is -0.677. The summed E-state index contributed by atoms with van der Waals surface area (Å²) >= 11 is 0. The van der Waals surface area contributed by atoms with E-state index in [1.165, 1.54) is 22.5 Å². The Morgan fingerprint density at radius 1 is 1.06 bits per heavy atom. The van der Waals surface area contributed by atoms with E-state index in [1.54, 1.807) is 0 Å². The molecule has 3 aromatic rings. The molecule has 0 N–H and O–H groups in total. The third-order valence-electron chi connectivity index (χ3n) is 6.31. The molecule has 0 radical (unpaired) electrons. The number of fused-ring (bicyclic) bond motifs is 2. The van der Waals surface area contributed by atoms with Gasteiger partial charge < -0.3 is 14.2 Å². The van der Waals surface area contributed by atoms with Gasteiger partial charge in [-0.2, -0.15) is 4.57 Å². The molecular weight excluding hydrogens is 394 g/mol. The van der Waals surface area contributed by atoms with Crippen molar-refractivity contribution >= 4 is 22.9 Å². The summed E-state index contributed by atoms with van der Waals surface area (Å²) in [5.74, 6) is 0.871. The standard InChI is InChI=1S/C28H34N3O/c1-21-16-17-24-25(20-21)32-27(31(24)19-18-29(4)5)15-9-7-8-14-26-28(2,3)22-12-10-11-13-23(22)30(26)6/h7-17,20H,18-19H2,1-6H3/q+1. The van der Waals surface area contributed by atoms with Crippen molar-refractivity contribution in [3.8, 4) is 0 Å². The fourth-order valence-electron chi connectivity index (χ4n) is 4.52. The Kier molecular flexibility index (Phi) is 6.07. The Hall–Kier alpha value is -3.11. The first-order valence-corrected chi connectivity index (χ1v) is 11.3. The summed E-state index contributed by atoms with van der Waals surface area (Å²) in [4.78, 5) is 4.48. The summed E-state index contributed by atoms with van der Waals surface area (Å²) in [6.07, 6.45) is 10.5. The average Bonchev–Trinajstić information content (AvgIpc) is 3.18. The van der Waals surface area contributed by atoms with Crippen LogP contribution in [0.4, 0.5) is 5.69 Å². The summed E-state index contributed by atoms with van der Waals surface area (Å²) in [7, 11) is 6.34. The van der Waals surface area contributed by atoms with Crippen LogP contribution in [0.5, 0.6) is 0 Å². The number of para-hydroxylation sites is 1. The molecule has 0 unspecified atom stereocenters. The summed E-state index contributed by atoms with van der Waals surface area (Å²) in [5.41, 5.74) is 7.22. The molecule has 1 aliphatic heterocycles. The van der Waals surface area contributed by atoms with E-state index < -0.39 is 0 Å². The van der Waals surface area contributed by atoms with Gasteiger partial charge >= 0.3 is 5.89 Å². The highest BCUT2D eigenvalue weighted by Gasteiger charge is 2.37. The maximum Gasteiger partial charge on any atom is 0.374 e. The van der Waals surface area contributed by atoms with Crippen LogP contribution in [0.3, 0.4) is 0 Å². The topological polar surface area (TPSA) is 23.5 Å². The van der Waals surface area contributed by atoms with Gasteiger partial charge in [0.1, 0.15) is 0 Å². The molecule has 166 valence electrons. The molecule has 1 aliphatic rings. The van der Waals surface area contributed by atoms with E-state index in [-0.39, 0.29) is 5.41 Å². The lowest BCUT2D eigenvalue weighted by Gasteiger charge is -2.23. The average molecular weight is 429 g/mol. The molecule has 32 heavy (non-hydrogen) atoms. The molecule has 0 atom stereocenters. The van der Waals surface area contributed by atoms with Crippen LogP contribution in [0.15, 0.2) is 76.9 Å². The van der Waals surface area contributed by atoms with Gasteiger partial charge in [0.15, 0.2) is 6.54 Å². The number of likely N-dealkylation sites (N-methyl/N-ethyl adjacent to an activating group) is 2. The fourth-order valence-corrected chi connectivity index (χ4v) is 4.52. The highest BCUT2D eigenvalue weighted by molar-refractivity contribution is 5.71. The molecule has 0 spiro atoms. The first-order chi connectivity index (χ1) is 15.3. The lowest BCUT2D eigenvalue weighted by Crippen LogP contribution is -2.40. The monoisotopic (exact) mass is 428 g/mol. The number of rotatable bonds is 6. The zero-order valence-corrected chi connectivity index (χ0v) is 20.1. The van der Waals surface area contributed by atoms with Crippen molar-refractivity contribution in [2.45, 2.75) is 32.7 Å². The summed E-state index contributed by atoms with van der Waals surface area (Å²) in [6.45, 7) is 8.51. The number of hydrogen-bond donors (Lipinski definition) is 0. The van der Waals surface area contributed by atoms with Gasteiger partial charge in [-0.25, -0.2) is 0 Å². The lowest BCUT2D eigenvalue weighted by atomic mass is 9.84. The van der Waals surface area contributed by atoms with Crippen molar-refractivity contribution in [3.63, 3.8) is 0 Å². The van der Waals surface area contributed by atoms with Gasteiger partial charge in [-0.05, 0) is 50.4 Å². The second kappa shape index (κ2) is 8.79. The van der Waals surface area contributed by atoms with Gasteiger partial charge in [0.05, 0.1) is 12.6 Å². The maximum atomic E-state index is 6.18. The molecule has 2 aromatic carbocycles. The number of aromatic nitrogens is 1. The normalized spacial score (nSPS) is 17.0.